The van der Waals surface area contributed by atoms with Crippen LogP contribution in [0.15, 0.2) is 48.8 Å². The summed E-state index contributed by atoms with van der Waals surface area (Å²) in [6.07, 6.45) is -0.918. The molecule has 1 fully saturated rings. The molecule has 1 amide bonds. The van der Waals surface area contributed by atoms with E-state index in [9.17, 15) is 18.0 Å². The van der Waals surface area contributed by atoms with Crippen LogP contribution in [0.1, 0.15) is 34.7 Å². The fraction of sp³-hybridized carbons (Fsp3) is 0.364. The van der Waals surface area contributed by atoms with E-state index >= 15 is 0 Å². The summed E-state index contributed by atoms with van der Waals surface area (Å²) in [5, 5.41) is 0. The molecule has 0 spiro atoms. The van der Waals surface area contributed by atoms with Crippen LogP contribution in [0, 0.1) is 6.92 Å². The Bertz CT molecular complexity index is 1060. The number of morpholine rings is 1. The first-order valence-electron chi connectivity index (χ1n) is 9.80. The largest absolute Gasteiger partial charge is 0.416 e. The number of aryl methyl sites for hydroxylation is 1. The molecule has 3 aromatic rings. The third-order valence-corrected chi connectivity index (χ3v) is 5.48. The molecule has 30 heavy (non-hydrogen) atoms. The summed E-state index contributed by atoms with van der Waals surface area (Å²) < 4.78 is 47.1. The van der Waals surface area contributed by atoms with Gasteiger partial charge in [-0.25, -0.2) is 4.98 Å². The maximum Gasteiger partial charge on any atom is 0.416 e. The van der Waals surface area contributed by atoms with Crippen molar-refractivity contribution in [3.63, 3.8) is 0 Å². The number of hydrogen-bond acceptors (Lipinski definition) is 3. The highest BCUT2D eigenvalue weighted by molar-refractivity contribution is 5.78. The van der Waals surface area contributed by atoms with Gasteiger partial charge in [-0.3, -0.25) is 4.79 Å². The van der Waals surface area contributed by atoms with Gasteiger partial charge >= 0.3 is 6.18 Å². The normalized spacial score (nSPS) is 16.1. The monoisotopic (exact) mass is 417 g/mol. The molecule has 1 aromatic carbocycles. The highest BCUT2D eigenvalue weighted by atomic mass is 19.4. The number of hydrogen-bond donors (Lipinski definition) is 0. The number of pyridine rings is 1. The molecule has 1 aliphatic rings. The molecule has 1 atom stereocenters. The Labute approximate surface area is 172 Å². The summed E-state index contributed by atoms with van der Waals surface area (Å²) in [5.41, 5.74) is 2.08. The lowest BCUT2D eigenvalue weighted by molar-refractivity contribution is -0.137. The summed E-state index contributed by atoms with van der Waals surface area (Å²) in [6.45, 7) is 3.83. The van der Waals surface area contributed by atoms with E-state index in [0.29, 0.717) is 37.6 Å². The van der Waals surface area contributed by atoms with Gasteiger partial charge in [0, 0.05) is 37.8 Å². The van der Waals surface area contributed by atoms with E-state index in [0.717, 1.165) is 23.3 Å². The van der Waals surface area contributed by atoms with Gasteiger partial charge in [-0.15, -0.1) is 0 Å². The van der Waals surface area contributed by atoms with Crippen molar-refractivity contribution in [1.82, 2.24) is 14.3 Å². The zero-order valence-electron chi connectivity index (χ0n) is 16.5. The summed E-state index contributed by atoms with van der Waals surface area (Å²) in [4.78, 5) is 19.1. The van der Waals surface area contributed by atoms with Crippen molar-refractivity contribution in [2.24, 2.45) is 0 Å². The predicted molar refractivity (Wildman–Crippen MR) is 105 cm³/mol. The average Bonchev–Trinajstić information content (AvgIpc) is 3.17. The van der Waals surface area contributed by atoms with Crippen molar-refractivity contribution < 1.29 is 22.7 Å². The highest BCUT2D eigenvalue weighted by Gasteiger charge is 2.32. The van der Waals surface area contributed by atoms with Crippen LogP contribution < -0.4 is 0 Å². The van der Waals surface area contributed by atoms with Gasteiger partial charge < -0.3 is 14.0 Å². The van der Waals surface area contributed by atoms with Gasteiger partial charge in [0.15, 0.2) is 0 Å². The van der Waals surface area contributed by atoms with Crippen molar-refractivity contribution in [3.8, 4) is 0 Å². The number of amides is 1. The van der Waals surface area contributed by atoms with Crippen LogP contribution in [0.2, 0.25) is 0 Å². The topological polar surface area (TPSA) is 46.8 Å². The molecule has 8 heteroatoms. The zero-order valence-corrected chi connectivity index (χ0v) is 16.5. The number of halogens is 3. The summed E-state index contributed by atoms with van der Waals surface area (Å²) in [6, 6.07) is 8.99. The molecule has 1 unspecified atom stereocenters. The van der Waals surface area contributed by atoms with Gasteiger partial charge in [0.25, 0.3) is 0 Å². The molecule has 4 rings (SSSR count). The molecule has 0 saturated carbocycles. The number of alkyl halides is 3. The first-order chi connectivity index (χ1) is 14.3. The summed E-state index contributed by atoms with van der Waals surface area (Å²) in [7, 11) is 0. The van der Waals surface area contributed by atoms with Crippen molar-refractivity contribution in [2.45, 2.75) is 25.4 Å². The Hall–Kier alpha value is -2.87. The molecule has 2 aromatic heterocycles. The fourth-order valence-electron chi connectivity index (χ4n) is 3.87. The first-order valence-corrected chi connectivity index (χ1v) is 9.80. The van der Waals surface area contributed by atoms with Crippen molar-refractivity contribution in [2.75, 3.05) is 26.3 Å². The number of ether oxygens (including phenoxy) is 1. The van der Waals surface area contributed by atoms with E-state index in [1.54, 1.807) is 17.2 Å². The second-order valence-electron chi connectivity index (χ2n) is 7.44. The van der Waals surface area contributed by atoms with E-state index < -0.39 is 17.7 Å². The Morgan fingerprint density at radius 2 is 1.97 bits per heavy atom. The second kappa shape index (κ2) is 8.10. The minimum atomic E-state index is -4.45. The fourth-order valence-corrected chi connectivity index (χ4v) is 3.87. The molecule has 0 aliphatic carbocycles. The second-order valence-corrected chi connectivity index (χ2v) is 7.44. The molecule has 0 radical (unpaired) electrons. The van der Waals surface area contributed by atoms with Gasteiger partial charge in [0.05, 0.1) is 24.5 Å². The number of benzene rings is 1. The third kappa shape index (κ3) is 4.05. The maximum atomic E-state index is 13.3. The predicted octanol–water partition coefficient (Wildman–Crippen LogP) is 4.04. The molecular weight excluding hydrogens is 395 g/mol. The van der Waals surface area contributed by atoms with Crippen LogP contribution in [0.5, 0.6) is 0 Å². The number of carbonyl (C=O) groups excluding carboxylic acids is 1. The number of rotatable bonds is 4. The van der Waals surface area contributed by atoms with Crippen molar-refractivity contribution in [1.29, 1.82) is 0 Å². The molecule has 3 heterocycles. The average molecular weight is 417 g/mol. The van der Waals surface area contributed by atoms with Crippen LogP contribution in [0.4, 0.5) is 13.2 Å². The molecule has 0 N–H and O–H groups in total. The standard InChI is InChI=1S/C22H22F3N3O2/c1-15-4-3-7-28-19(14-26-21(15)28)18(13-20(29)27-8-10-30-11-9-27)16-5-2-6-17(12-16)22(23,24)25/h2-7,12,14,18H,8-11,13H2,1H3. The van der Waals surface area contributed by atoms with Gasteiger partial charge in [-0.1, -0.05) is 24.3 Å². The lowest BCUT2D eigenvalue weighted by Crippen LogP contribution is -2.41. The number of aromatic nitrogens is 2. The smallest absolute Gasteiger partial charge is 0.378 e. The van der Waals surface area contributed by atoms with Crippen LogP contribution in [0.3, 0.4) is 0 Å². The van der Waals surface area contributed by atoms with E-state index in [2.05, 4.69) is 4.98 Å². The van der Waals surface area contributed by atoms with Crippen molar-refractivity contribution >= 4 is 11.6 Å². The van der Waals surface area contributed by atoms with Crippen molar-refractivity contribution in [3.05, 3.63) is 71.2 Å². The molecular formula is C22H22F3N3O2. The summed E-state index contributed by atoms with van der Waals surface area (Å²) in [5.74, 6) is -0.664. The lowest BCUT2D eigenvalue weighted by Gasteiger charge is -2.29. The van der Waals surface area contributed by atoms with E-state index in [1.807, 2.05) is 29.7 Å². The minimum Gasteiger partial charge on any atom is -0.378 e. The number of imidazole rings is 1. The van der Waals surface area contributed by atoms with E-state index in [1.165, 1.54) is 6.07 Å². The van der Waals surface area contributed by atoms with E-state index in [4.69, 9.17) is 4.74 Å². The van der Waals surface area contributed by atoms with Crippen LogP contribution >= 0.6 is 0 Å². The Kier molecular flexibility index (Phi) is 5.51. The summed E-state index contributed by atoms with van der Waals surface area (Å²) >= 11 is 0. The number of fused-ring (bicyclic) bond motifs is 1. The van der Waals surface area contributed by atoms with Crippen LogP contribution in [-0.2, 0) is 15.7 Å². The number of carbonyl (C=O) groups is 1. The van der Waals surface area contributed by atoms with Gasteiger partial charge in [0.2, 0.25) is 5.91 Å². The lowest BCUT2D eigenvalue weighted by atomic mass is 9.90. The minimum absolute atomic E-state index is 0.0586. The zero-order chi connectivity index (χ0) is 21.3. The highest BCUT2D eigenvalue weighted by Crippen LogP contribution is 2.35. The SMILES string of the molecule is Cc1cccn2c(C(CC(=O)N3CCOCC3)c3cccc(C(F)(F)F)c3)cnc12. The van der Waals surface area contributed by atoms with Gasteiger partial charge in [-0.05, 0) is 30.2 Å². The Morgan fingerprint density at radius 3 is 2.70 bits per heavy atom. The van der Waals surface area contributed by atoms with Gasteiger partial charge in [0.1, 0.15) is 5.65 Å². The van der Waals surface area contributed by atoms with Gasteiger partial charge in [-0.2, -0.15) is 13.2 Å². The number of nitrogens with zero attached hydrogens (tertiary/aromatic N) is 3. The molecule has 1 aliphatic heterocycles. The van der Waals surface area contributed by atoms with Crippen LogP contribution in [0.25, 0.3) is 5.65 Å². The maximum absolute atomic E-state index is 13.3. The van der Waals surface area contributed by atoms with E-state index in [-0.39, 0.29) is 12.3 Å². The molecule has 158 valence electrons. The Morgan fingerprint density at radius 1 is 1.20 bits per heavy atom. The Balaban J connectivity index is 1.76. The van der Waals surface area contributed by atoms with Crippen LogP contribution in [-0.4, -0.2) is 46.5 Å². The third-order valence-electron chi connectivity index (χ3n) is 5.48. The molecule has 5 nitrogen and oxygen atoms in total. The first kappa shape index (κ1) is 20.4. The quantitative estimate of drug-likeness (QED) is 0.644. The molecule has 0 bridgehead atoms. The molecule has 1 saturated heterocycles.